The topological polar surface area (TPSA) is 206 Å². The molecule has 3 atom stereocenters. The molecule has 1 fully saturated rings. The third-order valence-corrected chi connectivity index (χ3v) is 7.29. The van der Waals surface area contributed by atoms with E-state index in [1.165, 1.54) is 11.8 Å². The first-order chi connectivity index (χ1) is 21.3. The zero-order chi connectivity index (χ0) is 33.5. The maximum Gasteiger partial charge on any atom is 0.312 e. The van der Waals surface area contributed by atoms with Gasteiger partial charge in [0, 0.05) is 44.5 Å². The summed E-state index contributed by atoms with van der Waals surface area (Å²) in [6.45, 7) is 7.22. The van der Waals surface area contributed by atoms with E-state index in [0.29, 0.717) is 37.9 Å². The van der Waals surface area contributed by atoms with Crippen LogP contribution in [0.1, 0.15) is 78.2 Å². The number of likely N-dealkylation sites (tertiary alicyclic amines) is 1. The first-order valence-corrected chi connectivity index (χ1v) is 15.3. The summed E-state index contributed by atoms with van der Waals surface area (Å²) in [5, 5.41) is 10.7. The van der Waals surface area contributed by atoms with Crippen LogP contribution in [0.25, 0.3) is 0 Å². The van der Waals surface area contributed by atoms with Gasteiger partial charge >= 0.3 is 12.0 Å². The number of rotatable bonds is 18. The predicted molar refractivity (Wildman–Crippen MR) is 165 cm³/mol. The van der Waals surface area contributed by atoms with Gasteiger partial charge in [-0.15, -0.1) is 0 Å². The molecular formula is C31H46N6O8. The molecule has 1 aromatic rings. The van der Waals surface area contributed by atoms with Crippen LogP contribution in [0.15, 0.2) is 24.3 Å². The van der Waals surface area contributed by atoms with Crippen LogP contribution in [0.5, 0.6) is 0 Å². The number of anilines is 1. The third-order valence-electron chi connectivity index (χ3n) is 7.29. The van der Waals surface area contributed by atoms with E-state index in [2.05, 4.69) is 21.3 Å². The lowest BCUT2D eigenvalue weighted by atomic mass is 10.0. The minimum atomic E-state index is -0.982. The SMILES string of the molecule is CC(=O)OCc1ccc(NC(=O)C(CCCNC(N)=O)NC(=O)[C@@H](NC(=O)CCCCCN2C(=O)CC(C)C2=O)C(C)C)cc1. The van der Waals surface area contributed by atoms with Gasteiger partial charge in [0.15, 0.2) is 0 Å². The van der Waals surface area contributed by atoms with Gasteiger partial charge in [0.2, 0.25) is 29.5 Å². The van der Waals surface area contributed by atoms with Crippen molar-refractivity contribution >= 4 is 47.2 Å². The molecule has 0 aromatic heterocycles. The molecule has 0 aliphatic carbocycles. The quantitative estimate of drug-likeness (QED) is 0.0915. The molecule has 7 amide bonds. The minimum Gasteiger partial charge on any atom is -0.461 e. The Morgan fingerprint density at radius 3 is 2.24 bits per heavy atom. The second-order valence-electron chi connectivity index (χ2n) is 11.5. The second-order valence-corrected chi connectivity index (χ2v) is 11.5. The first kappa shape index (κ1) is 36.7. The molecule has 248 valence electrons. The van der Waals surface area contributed by atoms with Crippen LogP contribution in [0.3, 0.4) is 0 Å². The Morgan fingerprint density at radius 1 is 0.978 bits per heavy atom. The number of urea groups is 1. The van der Waals surface area contributed by atoms with Crippen LogP contribution in [-0.2, 0) is 40.1 Å². The standard InChI is InChI=1S/C31H46N6O8/c1-19(2)27(36-25(39)10-6-5-7-16-37-26(40)17-20(3)30(37)43)29(42)35-24(9-8-15-33-31(32)44)28(41)34-23-13-11-22(12-14-23)18-45-21(4)38/h11-14,19-20,24,27H,5-10,15-18H2,1-4H3,(H,34,41)(H,35,42)(H,36,39)(H3,32,33,44)/t20?,24?,27-/m0/s1. The summed E-state index contributed by atoms with van der Waals surface area (Å²) in [4.78, 5) is 86.6. The number of hydrogen-bond acceptors (Lipinski definition) is 8. The number of imide groups is 1. The Hall–Kier alpha value is -4.49. The van der Waals surface area contributed by atoms with Gasteiger partial charge in [0.25, 0.3) is 0 Å². The average Bonchev–Trinajstić information content (AvgIpc) is 3.21. The molecule has 0 radical (unpaired) electrons. The lowest BCUT2D eigenvalue weighted by Crippen LogP contribution is -2.54. The molecule has 2 rings (SSSR count). The minimum absolute atomic E-state index is 0.0946. The van der Waals surface area contributed by atoms with Gasteiger partial charge in [-0.25, -0.2) is 4.79 Å². The molecule has 45 heavy (non-hydrogen) atoms. The van der Waals surface area contributed by atoms with E-state index < -0.39 is 35.9 Å². The summed E-state index contributed by atoms with van der Waals surface area (Å²) < 4.78 is 4.97. The van der Waals surface area contributed by atoms with Crippen molar-refractivity contribution in [2.45, 2.75) is 91.3 Å². The van der Waals surface area contributed by atoms with E-state index in [1.807, 2.05) is 0 Å². The van der Waals surface area contributed by atoms with Gasteiger partial charge in [-0.05, 0) is 49.3 Å². The second kappa shape index (κ2) is 18.3. The summed E-state index contributed by atoms with van der Waals surface area (Å²) in [5.74, 6) is -2.65. The number of nitrogens with one attached hydrogen (secondary N) is 4. The summed E-state index contributed by atoms with van der Waals surface area (Å²) in [5.41, 5.74) is 6.31. The number of carbonyl (C=O) groups excluding carboxylic acids is 7. The van der Waals surface area contributed by atoms with Gasteiger partial charge in [-0.1, -0.05) is 39.3 Å². The van der Waals surface area contributed by atoms with E-state index in [1.54, 1.807) is 45.0 Å². The van der Waals surface area contributed by atoms with E-state index in [-0.39, 0.29) is 62.0 Å². The number of nitrogens with zero attached hydrogens (tertiary/aromatic N) is 1. The molecule has 1 aromatic carbocycles. The number of unbranched alkanes of at least 4 members (excludes halogenated alkanes) is 2. The Balaban J connectivity index is 1.93. The van der Waals surface area contributed by atoms with Crippen molar-refractivity contribution < 1.29 is 38.3 Å². The number of benzene rings is 1. The Labute approximate surface area is 263 Å². The molecule has 14 heteroatoms. The molecule has 6 N–H and O–H groups in total. The predicted octanol–water partition coefficient (Wildman–Crippen LogP) is 1.72. The van der Waals surface area contributed by atoms with Gasteiger partial charge < -0.3 is 31.7 Å². The number of hydrogen-bond donors (Lipinski definition) is 5. The van der Waals surface area contributed by atoms with Crippen LogP contribution in [0.2, 0.25) is 0 Å². The molecule has 1 aliphatic rings. The summed E-state index contributed by atoms with van der Waals surface area (Å²) in [6, 6.07) is 4.08. The molecule has 0 saturated carbocycles. The monoisotopic (exact) mass is 630 g/mol. The van der Waals surface area contributed by atoms with E-state index in [9.17, 15) is 33.6 Å². The van der Waals surface area contributed by atoms with Gasteiger partial charge in [-0.2, -0.15) is 0 Å². The Bertz CT molecular complexity index is 1220. The van der Waals surface area contributed by atoms with E-state index in [0.717, 1.165) is 5.56 Å². The maximum absolute atomic E-state index is 13.3. The van der Waals surface area contributed by atoms with Crippen molar-refractivity contribution in [3.8, 4) is 0 Å². The Kier molecular flexibility index (Phi) is 15.0. The van der Waals surface area contributed by atoms with Crippen molar-refractivity contribution in [3.63, 3.8) is 0 Å². The number of nitrogens with two attached hydrogens (primary N) is 1. The van der Waals surface area contributed by atoms with Crippen LogP contribution >= 0.6 is 0 Å². The lowest BCUT2D eigenvalue weighted by Gasteiger charge is -2.25. The van der Waals surface area contributed by atoms with Gasteiger partial charge in [0.05, 0.1) is 0 Å². The highest BCUT2D eigenvalue weighted by molar-refractivity contribution is 6.03. The van der Waals surface area contributed by atoms with Crippen molar-refractivity contribution in [1.29, 1.82) is 0 Å². The van der Waals surface area contributed by atoms with Crippen LogP contribution in [0.4, 0.5) is 10.5 Å². The number of esters is 1. The fraction of sp³-hybridized carbons (Fsp3) is 0.581. The summed E-state index contributed by atoms with van der Waals surface area (Å²) in [7, 11) is 0. The van der Waals surface area contributed by atoms with Crippen molar-refractivity contribution in [3.05, 3.63) is 29.8 Å². The van der Waals surface area contributed by atoms with Crippen molar-refractivity contribution in [2.24, 2.45) is 17.6 Å². The zero-order valence-electron chi connectivity index (χ0n) is 26.5. The first-order valence-electron chi connectivity index (χ1n) is 15.3. The largest absolute Gasteiger partial charge is 0.461 e. The molecule has 2 unspecified atom stereocenters. The maximum atomic E-state index is 13.3. The highest BCUT2D eigenvalue weighted by Crippen LogP contribution is 2.19. The third kappa shape index (κ3) is 13.0. The molecule has 1 heterocycles. The molecular weight excluding hydrogens is 584 g/mol. The average molecular weight is 631 g/mol. The summed E-state index contributed by atoms with van der Waals surface area (Å²) in [6.07, 6.45) is 2.65. The summed E-state index contributed by atoms with van der Waals surface area (Å²) >= 11 is 0. The fourth-order valence-electron chi connectivity index (χ4n) is 4.74. The number of carbonyl (C=O) groups is 7. The van der Waals surface area contributed by atoms with Crippen LogP contribution in [0, 0.1) is 11.8 Å². The fourth-order valence-corrected chi connectivity index (χ4v) is 4.74. The highest BCUT2D eigenvalue weighted by atomic mass is 16.5. The normalized spacial score (nSPS) is 15.8. The lowest BCUT2D eigenvalue weighted by molar-refractivity contribution is -0.142. The molecule has 0 bridgehead atoms. The number of ether oxygens (including phenoxy) is 1. The van der Waals surface area contributed by atoms with Gasteiger partial charge in [-0.3, -0.25) is 33.7 Å². The van der Waals surface area contributed by atoms with Crippen LogP contribution in [-0.4, -0.2) is 71.6 Å². The van der Waals surface area contributed by atoms with E-state index in [4.69, 9.17) is 10.5 Å². The van der Waals surface area contributed by atoms with Gasteiger partial charge in [0.1, 0.15) is 18.7 Å². The molecule has 1 aliphatic heterocycles. The molecule has 14 nitrogen and oxygen atoms in total. The Morgan fingerprint density at radius 2 is 1.67 bits per heavy atom. The smallest absolute Gasteiger partial charge is 0.312 e. The molecule has 0 spiro atoms. The van der Waals surface area contributed by atoms with Crippen LogP contribution < -0.4 is 27.0 Å². The number of amides is 7. The van der Waals surface area contributed by atoms with Crippen molar-refractivity contribution in [2.75, 3.05) is 18.4 Å². The zero-order valence-corrected chi connectivity index (χ0v) is 26.5. The van der Waals surface area contributed by atoms with E-state index >= 15 is 0 Å². The molecule has 1 saturated heterocycles. The highest BCUT2D eigenvalue weighted by Gasteiger charge is 2.35. The number of primary amides is 1. The van der Waals surface area contributed by atoms with Crippen molar-refractivity contribution in [1.82, 2.24) is 20.9 Å².